The molecule has 0 bridgehead atoms. The van der Waals surface area contributed by atoms with Crippen molar-refractivity contribution < 1.29 is 4.74 Å². The van der Waals surface area contributed by atoms with E-state index in [1.54, 1.807) is 7.11 Å². The molecular weight excluding hydrogens is 330 g/mol. The predicted octanol–water partition coefficient (Wildman–Crippen LogP) is 4.50. The van der Waals surface area contributed by atoms with Crippen LogP contribution in [0.1, 0.15) is 5.56 Å². The van der Waals surface area contributed by atoms with Crippen LogP contribution in [-0.4, -0.2) is 35.0 Å². The smallest absolute Gasteiger partial charge is 0.173 e. The van der Waals surface area contributed by atoms with Gasteiger partial charge in [-0.3, -0.25) is 4.90 Å². The molecule has 3 rings (SSSR count). The maximum absolute atomic E-state index is 5.19. The van der Waals surface area contributed by atoms with Gasteiger partial charge < -0.3 is 4.74 Å². The van der Waals surface area contributed by atoms with Crippen LogP contribution in [0.25, 0.3) is 22.0 Å². The number of nitrogens with zero attached hydrogens (tertiary/aromatic N) is 3. The second kappa shape index (κ2) is 8.05. The largest absolute Gasteiger partial charge is 0.497 e. The van der Waals surface area contributed by atoms with Crippen LogP contribution < -0.4 is 4.74 Å². The van der Waals surface area contributed by atoms with Crippen LogP contribution in [-0.2, 0) is 6.54 Å². The molecule has 0 spiro atoms. The van der Waals surface area contributed by atoms with Crippen molar-refractivity contribution in [1.29, 1.82) is 0 Å². The van der Waals surface area contributed by atoms with Crippen molar-refractivity contribution in [1.82, 2.24) is 14.3 Å². The minimum absolute atomic E-state index is 0.766. The lowest BCUT2D eigenvalue weighted by Crippen LogP contribution is -2.17. The third-order valence-electron chi connectivity index (χ3n) is 3.87. The first-order chi connectivity index (χ1) is 12.2. The quantitative estimate of drug-likeness (QED) is 0.588. The topological polar surface area (TPSA) is 38.2 Å². The van der Waals surface area contributed by atoms with E-state index in [0.29, 0.717) is 0 Å². The molecule has 0 aliphatic heterocycles. The minimum atomic E-state index is 0.766. The maximum Gasteiger partial charge on any atom is 0.173 e. The van der Waals surface area contributed by atoms with Gasteiger partial charge in [-0.2, -0.15) is 4.37 Å². The van der Waals surface area contributed by atoms with Gasteiger partial charge in [-0.25, -0.2) is 4.98 Å². The van der Waals surface area contributed by atoms with Gasteiger partial charge in [0.05, 0.1) is 7.11 Å². The third kappa shape index (κ3) is 4.32. The van der Waals surface area contributed by atoms with Gasteiger partial charge in [0.15, 0.2) is 5.82 Å². The van der Waals surface area contributed by atoms with Gasteiger partial charge in [0.1, 0.15) is 10.8 Å². The zero-order valence-electron chi connectivity index (χ0n) is 14.5. The van der Waals surface area contributed by atoms with Crippen LogP contribution in [0.3, 0.4) is 0 Å². The summed E-state index contributed by atoms with van der Waals surface area (Å²) in [5.41, 5.74) is 3.34. The van der Waals surface area contributed by atoms with Crippen LogP contribution in [0.15, 0.2) is 61.2 Å². The Morgan fingerprint density at radius 1 is 1.08 bits per heavy atom. The lowest BCUT2D eigenvalue weighted by atomic mass is 10.1. The Morgan fingerprint density at radius 2 is 1.76 bits per heavy atom. The van der Waals surface area contributed by atoms with E-state index in [2.05, 4.69) is 52.1 Å². The Bertz CT molecular complexity index is 825. The number of benzene rings is 2. The van der Waals surface area contributed by atoms with Gasteiger partial charge in [-0.1, -0.05) is 30.3 Å². The van der Waals surface area contributed by atoms with E-state index in [9.17, 15) is 0 Å². The fourth-order valence-corrected chi connectivity index (χ4v) is 3.24. The molecule has 0 saturated carbocycles. The fourth-order valence-electron chi connectivity index (χ4n) is 2.55. The summed E-state index contributed by atoms with van der Waals surface area (Å²) < 4.78 is 9.69. The second-order valence-electron chi connectivity index (χ2n) is 5.83. The molecule has 1 aromatic heterocycles. The molecule has 128 valence electrons. The molecule has 2 aromatic carbocycles. The average molecular weight is 351 g/mol. The first kappa shape index (κ1) is 17.3. The van der Waals surface area contributed by atoms with E-state index in [4.69, 9.17) is 4.74 Å². The molecular formula is C20H21N3OS. The molecule has 1 heterocycles. The van der Waals surface area contributed by atoms with Gasteiger partial charge in [-0.05, 0) is 48.4 Å². The lowest BCUT2D eigenvalue weighted by Gasteiger charge is -2.14. The average Bonchev–Trinajstić information content (AvgIpc) is 3.13. The molecule has 5 heteroatoms. The highest BCUT2D eigenvalue weighted by Gasteiger charge is 2.09. The van der Waals surface area contributed by atoms with Gasteiger partial charge in [0.25, 0.3) is 0 Å². The van der Waals surface area contributed by atoms with Crippen molar-refractivity contribution in [3.63, 3.8) is 0 Å². The summed E-state index contributed by atoms with van der Waals surface area (Å²) in [4.78, 5) is 6.88. The van der Waals surface area contributed by atoms with Crippen molar-refractivity contribution >= 4 is 11.5 Å². The second-order valence-corrected chi connectivity index (χ2v) is 6.59. The first-order valence-electron chi connectivity index (χ1n) is 8.06. The monoisotopic (exact) mass is 351 g/mol. The Hall–Kier alpha value is -2.50. The summed E-state index contributed by atoms with van der Waals surface area (Å²) in [5, 5.41) is 0.910. The van der Waals surface area contributed by atoms with Crippen LogP contribution >= 0.6 is 11.5 Å². The highest BCUT2D eigenvalue weighted by molar-refractivity contribution is 7.09. The van der Waals surface area contributed by atoms with E-state index in [-0.39, 0.29) is 0 Å². The number of hydrogen-bond acceptors (Lipinski definition) is 5. The van der Waals surface area contributed by atoms with Crippen molar-refractivity contribution in [3.05, 3.63) is 66.7 Å². The maximum atomic E-state index is 5.19. The fraction of sp³-hybridized carbons (Fsp3) is 0.200. The predicted molar refractivity (Wildman–Crippen MR) is 104 cm³/mol. The highest BCUT2D eigenvalue weighted by Crippen LogP contribution is 2.27. The summed E-state index contributed by atoms with van der Waals surface area (Å²) in [7, 11) is 3.75. The van der Waals surface area contributed by atoms with Gasteiger partial charge in [0, 0.05) is 24.2 Å². The zero-order chi connectivity index (χ0) is 17.6. The Labute approximate surface area is 152 Å². The van der Waals surface area contributed by atoms with Gasteiger partial charge in [-0.15, -0.1) is 6.58 Å². The molecule has 0 aliphatic carbocycles. The van der Waals surface area contributed by atoms with E-state index < -0.39 is 0 Å². The van der Waals surface area contributed by atoms with E-state index in [0.717, 1.165) is 40.8 Å². The van der Waals surface area contributed by atoms with Crippen molar-refractivity contribution in [2.24, 2.45) is 0 Å². The number of rotatable bonds is 7. The summed E-state index contributed by atoms with van der Waals surface area (Å²) >= 11 is 1.41. The van der Waals surface area contributed by atoms with Crippen LogP contribution in [0.4, 0.5) is 0 Å². The summed E-state index contributed by atoms with van der Waals surface area (Å²) in [6.07, 6.45) is 1.91. The summed E-state index contributed by atoms with van der Waals surface area (Å²) in [6, 6.07) is 16.3. The SMILES string of the molecule is C=CCN(C)Cc1ccc(-c2nsc(-c3ccc(OC)cc3)n2)cc1. The molecule has 0 amide bonds. The summed E-state index contributed by atoms with van der Waals surface area (Å²) in [5.74, 6) is 1.60. The molecule has 25 heavy (non-hydrogen) atoms. The first-order valence-corrected chi connectivity index (χ1v) is 8.84. The minimum Gasteiger partial charge on any atom is -0.497 e. The normalized spacial score (nSPS) is 10.8. The third-order valence-corrected chi connectivity index (χ3v) is 4.63. The Morgan fingerprint density at radius 3 is 2.40 bits per heavy atom. The molecule has 0 unspecified atom stereocenters. The van der Waals surface area contributed by atoms with Crippen molar-refractivity contribution in [2.75, 3.05) is 20.7 Å². The molecule has 0 saturated heterocycles. The van der Waals surface area contributed by atoms with Gasteiger partial charge in [0.2, 0.25) is 0 Å². The van der Waals surface area contributed by atoms with E-state index >= 15 is 0 Å². The molecule has 0 radical (unpaired) electrons. The van der Waals surface area contributed by atoms with Crippen molar-refractivity contribution in [3.8, 4) is 27.7 Å². The van der Waals surface area contributed by atoms with Crippen molar-refractivity contribution in [2.45, 2.75) is 6.54 Å². The van der Waals surface area contributed by atoms with Crippen LogP contribution in [0.2, 0.25) is 0 Å². The number of methoxy groups -OCH3 is 1. The molecule has 0 N–H and O–H groups in total. The molecule has 4 nitrogen and oxygen atoms in total. The van der Waals surface area contributed by atoms with E-state index in [1.165, 1.54) is 17.1 Å². The Kier molecular flexibility index (Phi) is 5.58. The number of ether oxygens (including phenoxy) is 1. The Balaban J connectivity index is 1.74. The van der Waals surface area contributed by atoms with E-state index in [1.807, 2.05) is 30.3 Å². The molecule has 3 aromatic rings. The number of hydrogen-bond donors (Lipinski definition) is 0. The molecule has 0 aliphatic rings. The lowest BCUT2D eigenvalue weighted by molar-refractivity contribution is 0.364. The number of aromatic nitrogens is 2. The summed E-state index contributed by atoms with van der Waals surface area (Å²) in [6.45, 7) is 5.54. The molecule has 0 fully saturated rings. The van der Waals surface area contributed by atoms with Gasteiger partial charge >= 0.3 is 0 Å². The number of likely N-dealkylation sites (N-methyl/N-ethyl adjacent to an activating group) is 1. The standard InChI is InChI=1S/C20H21N3OS/c1-4-13-23(2)14-15-5-7-16(8-6-15)19-21-20(25-22-19)17-9-11-18(24-3)12-10-17/h4-12H,1,13-14H2,2-3H3. The molecule has 0 atom stereocenters. The van der Waals surface area contributed by atoms with Crippen LogP contribution in [0.5, 0.6) is 5.75 Å². The highest BCUT2D eigenvalue weighted by atomic mass is 32.1. The zero-order valence-corrected chi connectivity index (χ0v) is 15.3. The van der Waals surface area contributed by atoms with Crippen LogP contribution in [0, 0.1) is 0 Å².